The summed E-state index contributed by atoms with van der Waals surface area (Å²) in [5, 5.41) is 6.07. The SMILES string of the molecule is CCC[CH2][Al]([CH2]CCC)[N](C)C.CCC[CH2][Al]([CH2]CCC)[N](C)C. The second-order valence-electron chi connectivity index (χ2n) is 7.80. The van der Waals surface area contributed by atoms with Gasteiger partial charge in [0.2, 0.25) is 0 Å². The van der Waals surface area contributed by atoms with Crippen molar-refractivity contribution < 1.29 is 0 Å². The molecule has 0 aromatic rings. The highest BCUT2D eigenvalue weighted by molar-refractivity contribution is 6.55. The summed E-state index contributed by atoms with van der Waals surface area (Å²) in [7, 11) is 9.06. The van der Waals surface area contributed by atoms with E-state index < -0.39 is 28.7 Å². The van der Waals surface area contributed by atoms with Gasteiger partial charge in [0, 0.05) is 0 Å². The lowest BCUT2D eigenvalue weighted by atomic mass is 10.4. The van der Waals surface area contributed by atoms with Crippen LogP contribution in [0.4, 0.5) is 0 Å². The number of hydrogen-bond acceptors (Lipinski definition) is 2. The Bertz CT molecular complexity index is 196. The zero-order valence-corrected chi connectivity index (χ0v) is 20.8. The van der Waals surface area contributed by atoms with Crippen molar-refractivity contribution in [2.45, 2.75) is 100 Å². The Morgan fingerprint density at radius 3 is 0.792 bits per heavy atom. The van der Waals surface area contributed by atoms with Crippen LogP contribution >= 0.6 is 0 Å². The van der Waals surface area contributed by atoms with Crippen LogP contribution in [0, 0.1) is 0 Å². The summed E-state index contributed by atoms with van der Waals surface area (Å²) in [4.78, 5) is 0. The van der Waals surface area contributed by atoms with Crippen LogP contribution in [0.1, 0.15) is 79.1 Å². The first-order valence-corrected chi connectivity index (χ1v) is 15.1. The van der Waals surface area contributed by atoms with Crippen LogP contribution in [0.25, 0.3) is 0 Å². The van der Waals surface area contributed by atoms with Gasteiger partial charge in [-0.15, -0.1) is 0 Å². The molecule has 0 saturated carbocycles. The molecule has 0 aromatic heterocycles. The Kier molecular flexibility index (Phi) is 23.0. The second kappa shape index (κ2) is 20.3. The van der Waals surface area contributed by atoms with E-state index in [0.717, 1.165) is 0 Å². The molecule has 0 aliphatic carbocycles. The fourth-order valence-electron chi connectivity index (χ4n) is 3.08. The third-order valence-electron chi connectivity index (χ3n) is 5.02. The van der Waals surface area contributed by atoms with E-state index in [0.29, 0.717) is 0 Å². The summed E-state index contributed by atoms with van der Waals surface area (Å²) >= 11 is -1.02. The number of hydrogen-bond donors (Lipinski definition) is 0. The van der Waals surface area contributed by atoms with Gasteiger partial charge in [0.25, 0.3) is 0 Å². The van der Waals surface area contributed by atoms with Gasteiger partial charge < -0.3 is 7.77 Å². The number of nitrogens with zero attached hydrogens (tertiary/aromatic N) is 2. The van der Waals surface area contributed by atoms with Crippen LogP contribution in [-0.4, -0.2) is 64.7 Å². The van der Waals surface area contributed by atoms with E-state index in [1.54, 1.807) is 0 Å². The summed E-state index contributed by atoms with van der Waals surface area (Å²) in [6, 6.07) is 0. The largest absolute Gasteiger partial charge is 0.390 e. The quantitative estimate of drug-likeness (QED) is 0.332. The maximum Gasteiger partial charge on any atom is 0.372 e. The van der Waals surface area contributed by atoms with Crippen LogP contribution in [0.15, 0.2) is 0 Å². The van der Waals surface area contributed by atoms with Crippen molar-refractivity contribution in [1.82, 2.24) is 7.77 Å². The molecule has 4 heteroatoms. The van der Waals surface area contributed by atoms with Gasteiger partial charge in [-0.1, -0.05) is 100 Å². The molecule has 0 bridgehead atoms. The normalized spacial score (nSPS) is 10.8. The molecular weight excluding hydrogens is 322 g/mol. The van der Waals surface area contributed by atoms with Crippen molar-refractivity contribution in [3.8, 4) is 0 Å². The summed E-state index contributed by atoms with van der Waals surface area (Å²) < 4.78 is 5.04. The smallest absolute Gasteiger partial charge is 0.372 e. The zero-order valence-electron chi connectivity index (χ0n) is 18.5. The molecule has 0 fully saturated rings. The van der Waals surface area contributed by atoms with Gasteiger partial charge in [-0.3, -0.25) is 0 Å². The summed E-state index contributed by atoms with van der Waals surface area (Å²) in [5.74, 6) is 0. The van der Waals surface area contributed by atoms with Gasteiger partial charge in [-0.2, -0.15) is 0 Å². The predicted octanol–water partition coefficient (Wildman–Crippen LogP) is 6.28. The minimum absolute atomic E-state index is 0.509. The van der Waals surface area contributed by atoms with Gasteiger partial charge in [0.1, 0.15) is 0 Å². The second-order valence-corrected chi connectivity index (χ2v) is 14.8. The third-order valence-corrected chi connectivity index (χ3v) is 12.2. The van der Waals surface area contributed by atoms with Crippen molar-refractivity contribution in [2.24, 2.45) is 0 Å². The fourth-order valence-corrected chi connectivity index (χ4v) is 9.24. The molecule has 0 radical (unpaired) electrons. The molecule has 0 atom stereocenters. The van der Waals surface area contributed by atoms with E-state index in [1.165, 1.54) is 72.5 Å². The van der Waals surface area contributed by atoms with Crippen LogP contribution in [0.3, 0.4) is 0 Å². The van der Waals surface area contributed by atoms with Crippen LogP contribution in [-0.2, 0) is 0 Å². The molecule has 2 nitrogen and oxygen atoms in total. The Morgan fingerprint density at radius 2 is 0.667 bits per heavy atom. The van der Waals surface area contributed by atoms with Gasteiger partial charge in [-0.25, -0.2) is 0 Å². The van der Waals surface area contributed by atoms with Crippen molar-refractivity contribution in [2.75, 3.05) is 28.2 Å². The maximum absolute atomic E-state index is 2.52. The first-order chi connectivity index (χ1) is 11.4. The molecule has 24 heavy (non-hydrogen) atoms. The molecule has 0 rings (SSSR count). The molecule has 0 spiro atoms. The van der Waals surface area contributed by atoms with E-state index in [-0.39, 0.29) is 0 Å². The van der Waals surface area contributed by atoms with Gasteiger partial charge in [0.05, 0.1) is 0 Å². The molecule has 144 valence electrons. The monoisotopic (exact) mass is 370 g/mol. The highest BCUT2D eigenvalue weighted by atomic mass is 27.2. The van der Waals surface area contributed by atoms with Crippen molar-refractivity contribution >= 4 is 28.7 Å². The molecule has 0 aromatic carbocycles. The van der Waals surface area contributed by atoms with E-state index in [9.17, 15) is 0 Å². The summed E-state index contributed by atoms with van der Waals surface area (Å²) in [6.45, 7) is 9.17. The maximum atomic E-state index is 2.52. The predicted molar refractivity (Wildman–Crippen MR) is 118 cm³/mol. The first-order valence-electron chi connectivity index (χ1n) is 10.8. The zero-order chi connectivity index (χ0) is 18.8. The van der Waals surface area contributed by atoms with Crippen LogP contribution in [0.2, 0.25) is 21.1 Å². The highest BCUT2D eigenvalue weighted by Gasteiger charge is 2.19. The molecule has 0 heterocycles. The van der Waals surface area contributed by atoms with Gasteiger partial charge in [-0.05, 0) is 28.2 Å². The van der Waals surface area contributed by atoms with Crippen molar-refractivity contribution in [1.29, 1.82) is 0 Å². The standard InChI is InChI=1S/4C4H9.2C2H6N.2Al/c4*1-3-4-2;2*1-3-2;;/h4*1,3-4H2,2H3;2*1-2H3;;/q;;;;2*-1;2*+1. The van der Waals surface area contributed by atoms with E-state index in [2.05, 4.69) is 63.7 Å². The number of unbranched alkanes of at least 4 members (excludes halogenated alkanes) is 4. The van der Waals surface area contributed by atoms with Crippen LogP contribution in [0.5, 0.6) is 0 Å². The average Bonchev–Trinajstić information content (AvgIpc) is 2.55. The molecule has 0 saturated heterocycles. The Hall–Kier alpha value is 0.985. The third kappa shape index (κ3) is 17.8. The lowest BCUT2D eigenvalue weighted by Gasteiger charge is -2.18. The first kappa shape index (κ1) is 27.2. The lowest BCUT2D eigenvalue weighted by Crippen LogP contribution is -2.32. The average molecular weight is 371 g/mol. The lowest BCUT2D eigenvalue weighted by molar-refractivity contribution is 0.617. The highest BCUT2D eigenvalue weighted by Crippen LogP contribution is 2.12. The van der Waals surface area contributed by atoms with E-state index in [1.807, 2.05) is 0 Å². The summed E-state index contributed by atoms with van der Waals surface area (Å²) in [5.41, 5.74) is 0. The fraction of sp³-hybridized carbons (Fsp3) is 1.00. The Balaban J connectivity index is 0. The molecule has 0 unspecified atom stereocenters. The molecular formula is C20H48Al2N2. The van der Waals surface area contributed by atoms with E-state index in [4.69, 9.17) is 0 Å². The topological polar surface area (TPSA) is 6.48 Å². The van der Waals surface area contributed by atoms with E-state index >= 15 is 0 Å². The molecule has 0 aliphatic rings. The minimum atomic E-state index is -0.509. The van der Waals surface area contributed by atoms with Crippen LogP contribution < -0.4 is 0 Å². The number of rotatable bonds is 14. The molecule has 0 aliphatic heterocycles. The van der Waals surface area contributed by atoms with Gasteiger partial charge in [0.15, 0.2) is 0 Å². The van der Waals surface area contributed by atoms with Crippen molar-refractivity contribution in [3.63, 3.8) is 0 Å². The summed E-state index contributed by atoms with van der Waals surface area (Å²) in [6.07, 6.45) is 11.2. The minimum Gasteiger partial charge on any atom is -0.390 e. The molecule has 0 amide bonds. The Morgan fingerprint density at radius 1 is 0.458 bits per heavy atom. The molecule has 0 N–H and O–H groups in total. The Labute approximate surface area is 164 Å². The van der Waals surface area contributed by atoms with Crippen molar-refractivity contribution in [3.05, 3.63) is 0 Å². The van der Waals surface area contributed by atoms with Gasteiger partial charge >= 0.3 is 28.7 Å².